The first kappa shape index (κ1) is 18.1. The van der Waals surface area contributed by atoms with E-state index in [1.54, 1.807) is 30.3 Å². The standard InChI is InChI=1S/C21H20O4S/c1-3-5-15-12-17-13-18(26(2,24)25)8-9-19(17)20(15)11-14-6-4-7-16(10-14)21(22)23/h4,6-13H,3,5H2,1-2H3,(H,22,23)/b20-11-. The maximum Gasteiger partial charge on any atom is 0.335 e. The van der Waals surface area contributed by atoms with E-state index < -0.39 is 15.8 Å². The zero-order valence-electron chi connectivity index (χ0n) is 14.7. The number of benzene rings is 2. The van der Waals surface area contributed by atoms with E-state index >= 15 is 0 Å². The van der Waals surface area contributed by atoms with Crippen LogP contribution in [0.4, 0.5) is 0 Å². The van der Waals surface area contributed by atoms with Crippen LogP contribution in [0, 0.1) is 0 Å². The fraction of sp³-hybridized carbons (Fsp3) is 0.190. The van der Waals surface area contributed by atoms with Gasteiger partial charge in [0.25, 0.3) is 0 Å². The number of hydrogen-bond acceptors (Lipinski definition) is 3. The molecular weight excluding hydrogens is 348 g/mol. The van der Waals surface area contributed by atoms with Crippen LogP contribution < -0.4 is 0 Å². The molecule has 0 aliphatic heterocycles. The molecule has 2 aromatic carbocycles. The molecular formula is C21H20O4S. The highest BCUT2D eigenvalue weighted by atomic mass is 32.2. The Morgan fingerprint density at radius 2 is 1.92 bits per heavy atom. The summed E-state index contributed by atoms with van der Waals surface area (Å²) in [5.41, 5.74) is 5.06. The summed E-state index contributed by atoms with van der Waals surface area (Å²) in [6.07, 6.45) is 7.04. The quantitative estimate of drug-likeness (QED) is 0.842. The SMILES string of the molecule is CCCC1=Cc2cc(S(C)(=O)=O)ccc2/C1=C\c1cccc(C(=O)O)c1. The van der Waals surface area contributed by atoms with E-state index in [1.807, 2.05) is 24.3 Å². The van der Waals surface area contributed by atoms with Gasteiger partial charge in [0.05, 0.1) is 10.5 Å². The zero-order valence-corrected chi connectivity index (χ0v) is 15.5. The first-order valence-corrected chi connectivity index (χ1v) is 10.3. The Bertz CT molecular complexity index is 1040. The van der Waals surface area contributed by atoms with Crippen LogP contribution in [0.3, 0.4) is 0 Å². The first-order chi connectivity index (χ1) is 12.3. The fourth-order valence-electron chi connectivity index (χ4n) is 3.15. The summed E-state index contributed by atoms with van der Waals surface area (Å²) in [5, 5.41) is 9.18. The van der Waals surface area contributed by atoms with Gasteiger partial charge in [-0.1, -0.05) is 37.6 Å². The minimum absolute atomic E-state index is 0.242. The first-order valence-electron chi connectivity index (χ1n) is 8.40. The Hall–Kier alpha value is -2.66. The molecule has 0 spiro atoms. The topological polar surface area (TPSA) is 71.4 Å². The molecule has 0 saturated heterocycles. The molecule has 0 aromatic heterocycles. The molecule has 0 unspecified atom stereocenters. The van der Waals surface area contributed by atoms with E-state index in [4.69, 9.17) is 0 Å². The average molecular weight is 368 g/mol. The number of rotatable bonds is 5. The van der Waals surface area contributed by atoms with Gasteiger partial charge < -0.3 is 5.11 Å². The van der Waals surface area contributed by atoms with Crippen molar-refractivity contribution in [2.45, 2.75) is 24.7 Å². The second-order valence-corrected chi connectivity index (χ2v) is 8.45. The molecule has 0 bridgehead atoms. The Morgan fingerprint density at radius 1 is 1.15 bits per heavy atom. The van der Waals surface area contributed by atoms with Crippen LogP contribution in [-0.2, 0) is 9.84 Å². The molecule has 3 rings (SSSR count). The molecule has 134 valence electrons. The third-order valence-electron chi connectivity index (χ3n) is 4.38. The summed E-state index contributed by atoms with van der Waals surface area (Å²) >= 11 is 0. The Kier molecular flexibility index (Phi) is 4.83. The largest absolute Gasteiger partial charge is 0.478 e. The van der Waals surface area contributed by atoms with Gasteiger partial charge in [-0.25, -0.2) is 13.2 Å². The van der Waals surface area contributed by atoms with Crippen LogP contribution >= 0.6 is 0 Å². The fourth-order valence-corrected chi connectivity index (χ4v) is 3.81. The Morgan fingerprint density at radius 3 is 2.58 bits per heavy atom. The maximum atomic E-state index is 11.8. The summed E-state index contributed by atoms with van der Waals surface area (Å²) in [7, 11) is -3.26. The van der Waals surface area contributed by atoms with Crippen LogP contribution in [-0.4, -0.2) is 25.7 Å². The van der Waals surface area contributed by atoms with Crippen molar-refractivity contribution in [3.63, 3.8) is 0 Å². The molecule has 26 heavy (non-hydrogen) atoms. The van der Waals surface area contributed by atoms with Crippen LogP contribution in [0.2, 0.25) is 0 Å². The molecule has 0 heterocycles. The molecule has 0 fully saturated rings. The van der Waals surface area contributed by atoms with Crippen molar-refractivity contribution in [1.82, 2.24) is 0 Å². The van der Waals surface area contributed by atoms with Gasteiger partial charge in [0.1, 0.15) is 0 Å². The van der Waals surface area contributed by atoms with E-state index in [2.05, 4.69) is 6.92 Å². The molecule has 2 aromatic rings. The lowest BCUT2D eigenvalue weighted by Gasteiger charge is -2.08. The van der Waals surface area contributed by atoms with Gasteiger partial charge in [0, 0.05) is 6.26 Å². The maximum absolute atomic E-state index is 11.8. The van der Waals surface area contributed by atoms with Crippen LogP contribution in [0.15, 0.2) is 52.9 Å². The van der Waals surface area contributed by atoms with Gasteiger partial charge in [0.15, 0.2) is 9.84 Å². The molecule has 5 heteroatoms. The molecule has 0 atom stereocenters. The second kappa shape index (κ2) is 6.92. The van der Waals surface area contributed by atoms with E-state index in [1.165, 1.54) is 6.26 Å². The van der Waals surface area contributed by atoms with Crippen molar-refractivity contribution >= 4 is 33.5 Å². The van der Waals surface area contributed by atoms with Crippen molar-refractivity contribution < 1.29 is 18.3 Å². The van der Waals surface area contributed by atoms with Gasteiger partial charge in [-0.05, 0) is 64.6 Å². The van der Waals surface area contributed by atoms with Crippen molar-refractivity contribution in [3.05, 3.63) is 70.3 Å². The normalized spacial score (nSPS) is 15.0. The monoisotopic (exact) mass is 368 g/mol. The lowest BCUT2D eigenvalue weighted by Crippen LogP contribution is -1.98. The number of carboxylic acids is 1. The smallest absolute Gasteiger partial charge is 0.335 e. The van der Waals surface area contributed by atoms with Gasteiger partial charge in [0.2, 0.25) is 0 Å². The van der Waals surface area contributed by atoms with Gasteiger partial charge in [-0.3, -0.25) is 0 Å². The van der Waals surface area contributed by atoms with Gasteiger partial charge in [-0.2, -0.15) is 0 Å². The number of sulfone groups is 1. The highest BCUT2D eigenvalue weighted by Crippen LogP contribution is 2.40. The van der Waals surface area contributed by atoms with Crippen molar-refractivity contribution in [3.8, 4) is 0 Å². The summed E-state index contributed by atoms with van der Waals surface area (Å²) in [5.74, 6) is -0.959. The summed E-state index contributed by atoms with van der Waals surface area (Å²) in [4.78, 5) is 11.5. The molecule has 1 N–H and O–H groups in total. The van der Waals surface area contributed by atoms with Crippen molar-refractivity contribution in [2.75, 3.05) is 6.26 Å². The molecule has 1 aliphatic rings. The van der Waals surface area contributed by atoms with E-state index in [-0.39, 0.29) is 5.56 Å². The second-order valence-electron chi connectivity index (χ2n) is 6.43. The minimum atomic E-state index is -3.26. The number of allylic oxidation sites excluding steroid dienone is 2. The Balaban J connectivity index is 2.11. The van der Waals surface area contributed by atoms with Gasteiger partial charge in [-0.15, -0.1) is 0 Å². The number of hydrogen-bond donors (Lipinski definition) is 1. The molecule has 0 saturated carbocycles. The number of carboxylic acid groups (broad SMARTS) is 1. The van der Waals surface area contributed by atoms with Crippen LogP contribution in [0.5, 0.6) is 0 Å². The van der Waals surface area contributed by atoms with E-state index in [0.29, 0.717) is 4.90 Å². The van der Waals surface area contributed by atoms with E-state index in [9.17, 15) is 18.3 Å². The molecule has 0 radical (unpaired) electrons. The van der Waals surface area contributed by atoms with E-state index in [0.717, 1.165) is 40.7 Å². The average Bonchev–Trinajstić information content (AvgIpc) is 2.91. The predicted molar refractivity (Wildman–Crippen MR) is 104 cm³/mol. The summed E-state index contributed by atoms with van der Waals surface area (Å²) in [6, 6.07) is 12.0. The van der Waals surface area contributed by atoms with Crippen molar-refractivity contribution in [1.29, 1.82) is 0 Å². The molecule has 0 amide bonds. The lowest BCUT2D eigenvalue weighted by atomic mass is 9.97. The highest BCUT2D eigenvalue weighted by Gasteiger charge is 2.20. The van der Waals surface area contributed by atoms with Crippen LogP contribution in [0.25, 0.3) is 17.7 Å². The van der Waals surface area contributed by atoms with Crippen LogP contribution in [0.1, 0.15) is 46.8 Å². The highest BCUT2D eigenvalue weighted by molar-refractivity contribution is 7.90. The zero-order chi connectivity index (χ0) is 18.9. The van der Waals surface area contributed by atoms with Crippen molar-refractivity contribution in [2.24, 2.45) is 0 Å². The minimum Gasteiger partial charge on any atom is -0.478 e. The third kappa shape index (κ3) is 3.63. The lowest BCUT2D eigenvalue weighted by molar-refractivity contribution is 0.0697. The number of carbonyl (C=O) groups is 1. The predicted octanol–water partition coefficient (Wildman–Crippen LogP) is 4.53. The number of fused-ring (bicyclic) bond motifs is 1. The summed E-state index contributed by atoms with van der Waals surface area (Å²) in [6.45, 7) is 2.09. The molecule has 1 aliphatic carbocycles. The van der Waals surface area contributed by atoms with Gasteiger partial charge >= 0.3 is 5.97 Å². The summed E-state index contributed by atoms with van der Waals surface area (Å²) < 4.78 is 23.6. The number of aromatic carboxylic acids is 1. The Labute approximate surface area is 153 Å². The third-order valence-corrected chi connectivity index (χ3v) is 5.49. The molecule has 4 nitrogen and oxygen atoms in total.